The van der Waals surface area contributed by atoms with Gasteiger partial charge in [-0.3, -0.25) is 0 Å². The monoisotopic (exact) mass is 595 g/mol. The van der Waals surface area contributed by atoms with Gasteiger partial charge in [0, 0.05) is 38.5 Å². The van der Waals surface area contributed by atoms with Crippen LogP contribution in [0.2, 0.25) is 0 Å². The maximum Gasteiger partial charge on any atom is 0.407 e. The van der Waals surface area contributed by atoms with Gasteiger partial charge in [0.15, 0.2) is 11.6 Å². The Balaban J connectivity index is 1.21. The molecule has 11 nitrogen and oxygen atoms in total. The Bertz CT molecular complexity index is 1390. The highest BCUT2D eigenvalue weighted by Crippen LogP contribution is 2.33. The molecule has 12 heteroatoms. The summed E-state index contributed by atoms with van der Waals surface area (Å²) in [7, 11) is 0. The molecule has 2 saturated heterocycles. The number of carbonyl (C=O) groups is 1. The topological polar surface area (TPSA) is 119 Å². The number of nitrogens with zero attached hydrogens (tertiary/aromatic N) is 6. The predicted molar refractivity (Wildman–Crippen MR) is 160 cm³/mol. The number of benzene rings is 1. The average molecular weight is 596 g/mol. The molecule has 2 aliphatic rings. The molecule has 3 atom stereocenters. The van der Waals surface area contributed by atoms with E-state index in [0.717, 1.165) is 43.7 Å². The van der Waals surface area contributed by atoms with E-state index >= 15 is 0 Å². The van der Waals surface area contributed by atoms with E-state index in [0.29, 0.717) is 42.3 Å². The molecule has 0 saturated carbocycles. The smallest absolute Gasteiger partial charge is 0.407 e. The van der Waals surface area contributed by atoms with Crippen LogP contribution in [-0.2, 0) is 11.2 Å². The third kappa shape index (κ3) is 7.52. The Hall–Kier alpha value is -3.96. The number of aryl methyl sites for hydroxylation is 2. The molecule has 1 aromatic carbocycles. The van der Waals surface area contributed by atoms with E-state index in [1.807, 2.05) is 45.6 Å². The summed E-state index contributed by atoms with van der Waals surface area (Å²) in [4.78, 5) is 30.3. The van der Waals surface area contributed by atoms with Gasteiger partial charge in [-0.15, -0.1) is 0 Å². The third-order valence-corrected chi connectivity index (χ3v) is 8.04. The number of aromatic nitrogens is 4. The molecule has 2 aromatic heterocycles. The summed E-state index contributed by atoms with van der Waals surface area (Å²) in [6, 6.07) is 5.24. The molecular weight excluding hydrogens is 553 g/mol. The first-order valence-corrected chi connectivity index (χ1v) is 15.1. The first kappa shape index (κ1) is 30.5. The fourth-order valence-corrected chi connectivity index (χ4v) is 5.76. The van der Waals surface area contributed by atoms with Gasteiger partial charge in [0.2, 0.25) is 5.95 Å². The van der Waals surface area contributed by atoms with Gasteiger partial charge in [-0.2, -0.15) is 4.98 Å². The van der Waals surface area contributed by atoms with Crippen LogP contribution in [0.25, 0.3) is 0 Å². The van der Waals surface area contributed by atoms with Crippen molar-refractivity contribution in [3.8, 4) is 5.75 Å². The van der Waals surface area contributed by atoms with E-state index in [4.69, 9.17) is 14.0 Å². The molecule has 3 unspecified atom stereocenters. The quantitative estimate of drug-likeness (QED) is 0.379. The minimum absolute atomic E-state index is 0.0200. The van der Waals surface area contributed by atoms with Crippen LogP contribution in [0.4, 0.5) is 21.1 Å². The van der Waals surface area contributed by atoms with Crippen LogP contribution < -0.4 is 19.9 Å². The molecule has 43 heavy (non-hydrogen) atoms. The van der Waals surface area contributed by atoms with E-state index < -0.39 is 17.7 Å². The van der Waals surface area contributed by atoms with Gasteiger partial charge in [-0.05, 0) is 65.0 Å². The minimum atomic E-state index is -0.646. The van der Waals surface area contributed by atoms with Crippen molar-refractivity contribution in [2.24, 2.45) is 5.92 Å². The fraction of sp³-hybridized carbons (Fsp3) is 0.581. The lowest BCUT2D eigenvalue weighted by Gasteiger charge is -2.33. The second-order valence-electron chi connectivity index (χ2n) is 12.5. The molecule has 2 aliphatic heterocycles. The normalized spacial score (nSPS) is 20.3. The number of ether oxygens (including phenoxy) is 2. The summed E-state index contributed by atoms with van der Waals surface area (Å²) in [5.41, 5.74) is 0.851. The van der Waals surface area contributed by atoms with Crippen molar-refractivity contribution in [2.75, 3.05) is 36.0 Å². The fourth-order valence-electron chi connectivity index (χ4n) is 5.76. The van der Waals surface area contributed by atoms with Crippen LogP contribution in [-0.4, -0.2) is 70.1 Å². The molecule has 2 fully saturated rings. The number of amides is 1. The van der Waals surface area contributed by atoms with E-state index in [2.05, 4.69) is 37.2 Å². The zero-order valence-electron chi connectivity index (χ0n) is 25.8. The van der Waals surface area contributed by atoms with Crippen LogP contribution in [0.5, 0.6) is 5.75 Å². The van der Waals surface area contributed by atoms with Crippen LogP contribution in [0.1, 0.15) is 70.3 Å². The summed E-state index contributed by atoms with van der Waals surface area (Å²) in [6.07, 6.45) is 5.43. The van der Waals surface area contributed by atoms with Crippen molar-refractivity contribution in [2.45, 2.75) is 84.5 Å². The summed E-state index contributed by atoms with van der Waals surface area (Å²) < 4.78 is 32.1. The van der Waals surface area contributed by atoms with Gasteiger partial charge in [0.05, 0.1) is 24.5 Å². The molecular formula is C31H42FN7O4. The second kappa shape index (κ2) is 12.7. The summed E-state index contributed by atoms with van der Waals surface area (Å²) >= 11 is 0. The van der Waals surface area contributed by atoms with Crippen LogP contribution in [0, 0.1) is 18.7 Å². The van der Waals surface area contributed by atoms with Crippen molar-refractivity contribution < 1.29 is 23.2 Å². The number of carbonyl (C=O) groups excluding carboxylic acids is 1. The number of alkyl carbamates (subject to hydrolysis) is 1. The molecule has 1 N–H and O–H groups in total. The molecule has 0 spiro atoms. The summed E-state index contributed by atoms with van der Waals surface area (Å²) in [5.74, 6) is 1.56. The standard InChI is InChI=1S/C31H42FN7O4/c1-7-27-36-29(43-37-27)38-12-10-21(11-13-38)20(3)41-22-15-33-28(34-16-22)39-17-24(23-14-19(2)8-9-25(23)32)26(18-39)35-30(40)42-31(4,5)6/h8-9,14-16,20-21,24,26H,7,10-13,17-18H2,1-6H3,(H,35,40). The zero-order valence-corrected chi connectivity index (χ0v) is 25.8. The zero-order chi connectivity index (χ0) is 30.7. The average Bonchev–Trinajstić information content (AvgIpc) is 3.61. The number of anilines is 2. The summed E-state index contributed by atoms with van der Waals surface area (Å²) in [5, 5.41) is 6.96. The predicted octanol–water partition coefficient (Wildman–Crippen LogP) is 5.05. The Labute approximate surface area is 252 Å². The summed E-state index contributed by atoms with van der Waals surface area (Å²) in [6.45, 7) is 13.9. The van der Waals surface area contributed by atoms with Gasteiger partial charge in [-0.25, -0.2) is 19.2 Å². The second-order valence-corrected chi connectivity index (χ2v) is 12.5. The highest BCUT2D eigenvalue weighted by molar-refractivity contribution is 5.68. The van der Waals surface area contributed by atoms with Crippen molar-refractivity contribution in [1.29, 1.82) is 0 Å². The molecule has 0 aliphatic carbocycles. The van der Waals surface area contributed by atoms with Gasteiger partial charge in [0.1, 0.15) is 11.4 Å². The number of hydrogen-bond donors (Lipinski definition) is 1. The van der Waals surface area contributed by atoms with Crippen LogP contribution >= 0.6 is 0 Å². The number of halogens is 1. The SMILES string of the molecule is CCc1noc(N2CCC(C(C)Oc3cnc(N4CC(NC(=O)OC(C)(C)C)C(c5cc(C)ccc5F)C4)nc3)CC2)n1. The Kier molecular flexibility index (Phi) is 9.03. The minimum Gasteiger partial charge on any atom is -0.487 e. The Morgan fingerprint density at radius 1 is 1.16 bits per heavy atom. The molecule has 0 bridgehead atoms. The lowest BCUT2D eigenvalue weighted by Crippen LogP contribution is -2.43. The van der Waals surface area contributed by atoms with E-state index in [9.17, 15) is 9.18 Å². The molecule has 4 heterocycles. The Morgan fingerprint density at radius 2 is 1.88 bits per heavy atom. The first-order chi connectivity index (χ1) is 20.5. The van der Waals surface area contributed by atoms with E-state index in [1.54, 1.807) is 18.5 Å². The molecule has 1 amide bonds. The lowest BCUT2D eigenvalue weighted by atomic mass is 9.92. The number of hydrogen-bond acceptors (Lipinski definition) is 10. The van der Waals surface area contributed by atoms with Gasteiger partial charge in [-0.1, -0.05) is 29.8 Å². The maximum absolute atomic E-state index is 15.0. The highest BCUT2D eigenvalue weighted by atomic mass is 19.1. The van der Waals surface area contributed by atoms with E-state index in [-0.39, 0.29) is 17.8 Å². The van der Waals surface area contributed by atoms with Crippen molar-refractivity contribution in [3.05, 3.63) is 53.4 Å². The first-order valence-electron chi connectivity index (χ1n) is 15.1. The Morgan fingerprint density at radius 3 is 2.53 bits per heavy atom. The van der Waals surface area contributed by atoms with Crippen LogP contribution in [0.3, 0.4) is 0 Å². The number of rotatable bonds is 8. The van der Waals surface area contributed by atoms with Gasteiger partial charge < -0.3 is 29.1 Å². The number of nitrogens with one attached hydrogen (secondary N) is 1. The molecule has 0 radical (unpaired) electrons. The maximum atomic E-state index is 15.0. The van der Waals surface area contributed by atoms with Gasteiger partial charge >= 0.3 is 12.1 Å². The third-order valence-electron chi connectivity index (χ3n) is 8.04. The van der Waals surface area contributed by atoms with E-state index in [1.165, 1.54) is 6.07 Å². The van der Waals surface area contributed by atoms with Crippen molar-refractivity contribution in [3.63, 3.8) is 0 Å². The molecule has 232 valence electrons. The lowest BCUT2D eigenvalue weighted by molar-refractivity contribution is 0.0504. The molecule has 3 aromatic rings. The van der Waals surface area contributed by atoms with Gasteiger partial charge in [0.25, 0.3) is 0 Å². The van der Waals surface area contributed by atoms with Crippen LogP contribution in [0.15, 0.2) is 35.1 Å². The number of piperidine rings is 1. The van der Waals surface area contributed by atoms with Crippen molar-refractivity contribution in [1.82, 2.24) is 25.4 Å². The largest absolute Gasteiger partial charge is 0.487 e. The highest BCUT2D eigenvalue weighted by Gasteiger charge is 2.38. The van der Waals surface area contributed by atoms with Crippen molar-refractivity contribution >= 4 is 18.1 Å². The molecule has 5 rings (SSSR count).